The highest BCUT2D eigenvalue weighted by molar-refractivity contribution is 7.80. The number of ether oxygens (including phenoxy) is 1. The molecule has 2 heterocycles. The number of benzene rings is 1. The van der Waals surface area contributed by atoms with Crippen molar-refractivity contribution in [2.45, 2.75) is 32.4 Å². The summed E-state index contributed by atoms with van der Waals surface area (Å²) in [5.41, 5.74) is 7.84. The maximum atomic E-state index is 13.5. The number of piperidine rings is 1. The molecule has 0 radical (unpaired) electrons. The first kappa shape index (κ1) is 22.5. The molecule has 1 saturated heterocycles. The summed E-state index contributed by atoms with van der Waals surface area (Å²) < 4.78 is 5.74. The average molecular weight is 428 g/mol. The lowest BCUT2D eigenvalue weighted by Gasteiger charge is -2.42. The zero-order valence-electron chi connectivity index (χ0n) is 17.2. The van der Waals surface area contributed by atoms with Crippen LogP contribution in [0, 0.1) is 18.3 Å². The predicted octanol–water partition coefficient (Wildman–Crippen LogP) is 2.10. The number of hydrogen-bond donors (Lipinski definition) is 3. The summed E-state index contributed by atoms with van der Waals surface area (Å²) in [7, 11) is 0. The van der Waals surface area contributed by atoms with Crippen LogP contribution in [0.15, 0.2) is 48.7 Å². The van der Waals surface area contributed by atoms with Crippen molar-refractivity contribution >= 4 is 24.4 Å². The van der Waals surface area contributed by atoms with E-state index in [1.54, 1.807) is 6.20 Å². The van der Waals surface area contributed by atoms with Crippen molar-refractivity contribution in [1.29, 1.82) is 0 Å². The van der Waals surface area contributed by atoms with E-state index in [-0.39, 0.29) is 24.1 Å². The molecule has 2 aromatic rings. The van der Waals surface area contributed by atoms with Gasteiger partial charge in [-0.25, -0.2) is 0 Å². The topological polar surface area (TPSA) is 94.3 Å². The summed E-state index contributed by atoms with van der Waals surface area (Å²) in [6.45, 7) is 3.11. The van der Waals surface area contributed by atoms with Gasteiger partial charge in [0.25, 0.3) is 0 Å². The number of aromatic nitrogens is 1. The minimum Gasteiger partial charge on any atom is -0.459 e. The van der Waals surface area contributed by atoms with Gasteiger partial charge in [0.15, 0.2) is 5.78 Å². The number of esters is 1. The van der Waals surface area contributed by atoms with Gasteiger partial charge in [-0.05, 0) is 49.6 Å². The molecule has 6 nitrogen and oxygen atoms in total. The summed E-state index contributed by atoms with van der Waals surface area (Å²) in [4.78, 5) is 30.9. The Hall–Kier alpha value is -2.22. The Balaban J connectivity index is 1.94. The van der Waals surface area contributed by atoms with Gasteiger partial charge in [-0.2, -0.15) is 12.6 Å². The van der Waals surface area contributed by atoms with E-state index in [2.05, 4.69) is 22.9 Å². The Morgan fingerprint density at radius 1 is 1.30 bits per heavy atom. The smallest absolute Gasteiger partial charge is 0.313 e. The second-order valence-corrected chi connectivity index (χ2v) is 8.22. The molecule has 1 aliphatic heterocycles. The number of pyridine rings is 1. The molecule has 0 aliphatic carbocycles. The minimum atomic E-state index is -0.982. The zero-order valence-corrected chi connectivity index (χ0v) is 18.1. The molecule has 1 aromatic heterocycles. The number of carbonyl (C=O) groups excluding carboxylic acids is 2. The molecule has 7 heteroatoms. The van der Waals surface area contributed by atoms with Crippen molar-refractivity contribution < 1.29 is 14.3 Å². The van der Waals surface area contributed by atoms with Crippen LogP contribution in [-0.2, 0) is 27.4 Å². The van der Waals surface area contributed by atoms with Crippen molar-refractivity contribution in [3.8, 4) is 0 Å². The molecule has 160 valence electrons. The van der Waals surface area contributed by atoms with Crippen molar-refractivity contribution in [3.05, 3.63) is 65.5 Å². The second-order valence-electron chi connectivity index (χ2n) is 7.85. The van der Waals surface area contributed by atoms with E-state index < -0.39 is 17.4 Å². The Bertz CT molecular complexity index is 877. The van der Waals surface area contributed by atoms with E-state index in [0.717, 1.165) is 11.1 Å². The van der Waals surface area contributed by atoms with E-state index in [4.69, 9.17) is 10.5 Å². The van der Waals surface area contributed by atoms with Gasteiger partial charge in [-0.1, -0.05) is 30.3 Å². The van der Waals surface area contributed by atoms with Crippen molar-refractivity contribution in [1.82, 2.24) is 10.3 Å². The predicted molar refractivity (Wildman–Crippen MR) is 119 cm³/mol. The number of rotatable bonds is 8. The fourth-order valence-corrected chi connectivity index (χ4v) is 4.27. The number of carbonyl (C=O) groups is 2. The highest BCUT2D eigenvalue weighted by atomic mass is 32.1. The zero-order chi connectivity index (χ0) is 21.6. The largest absolute Gasteiger partial charge is 0.459 e. The first-order valence-corrected chi connectivity index (χ1v) is 10.8. The summed E-state index contributed by atoms with van der Waals surface area (Å²) >= 11 is 4.20. The monoisotopic (exact) mass is 427 g/mol. The highest BCUT2D eigenvalue weighted by Crippen LogP contribution is 2.41. The van der Waals surface area contributed by atoms with Crippen LogP contribution in [0.5, 0.6) is 0 Å². The van der Waals surface area contributed by atoms with Crippen LogP contribution in [0.4, 0.5) is 0 Å². The molecule has 0 saturated carbocycles. The molecule has 0 bridgehead atoms. The average Bonchev–Trinajstić information content (AvgIpc) is 2.79. The molecule has 0 amide bonds. The Kier molecular flexibility index (Phi) is 7.64. The SMILES string of the molecule is Cc1ccccc1CC1(C(=O)OCc2ccccn2)CCNCC1C(=O)[C@@H](N)CS. The molecule has 1 aromatic carbocycles. The Morgan fingerprint density at radius 3 is 2.77 bits per heavy atom. The number of thiol groups is 1. The van der Waals surface area contributed by atoms with Gasteiger partial charge < -0.3 is 15.8 Å². The molecule has 2 unspecified atom stereocenters. The molecular formula is C23H29N3O3S. The number of aryl methyl sites for hydroxylation is 1. The third-order valence-corrected chi connectivity index (χ3v) is 6.31. The second kappa shape index (κ2) is 10.2. The van der Waals surface area contributed by atoms with E-state index in [0.29, 0.717) is 31.6 Å². The van der Waals surface area contributed by atoms with Gasteiger partial charge in [0.05, 0.1) is 17.2 Å². The van der Waals surface area contributed by atoms with Crippen molar-refractivity contribution in [2.24, 2.45) is 17.1 Å². The summed E-state index contributed by atoms with van der Waals surface area (Å²) in [6, 6.07) is 12.7. The van der Waals surface area contributed by atoms with Crippen molar-refractivity contribution in [2.75, 3.05) is 18.8 Å². The summed E-state index contributed by atoms with van der Waals surface area (Å²) in [6.07, 6.45) is 2.59. The van der Waals surface area contributed by atoms with Gasteiger partial charge >= 0.3 is 5.97 Å². The lowest BCUT2D eigenvalue weighted by Crippen LogP contribution is -2.57. The van der Waals surface area contributed by atoms with Crippen LogP contribution < -0.4 is 11.1 Å². The maximum Gasteiger partial charge on any atom is 0.313 e. The lowest BCUT2D eigenvalue weighted by molar-refractivity contribution is -0.166. The molecule has 3 atom stereocenters. The number of ketones is 1. The fraction of sp³-hybridized carbons (Fsp3) is 0.435. The molecular weight excluding hydrogens is 398 g/mol. The number of hydrogen-bond acceptors (Lipinski definition) is 7. The Morgan fingerprint density at radius 2 is 2.07 bits per heavy atom. The molecule has 3 N–H and O–H groups in total. The van der Waals surface area contributed by atoms with Crippen LogP contribution in [0.2, 0.25) is 0 Å². The van der Waals surface area contributed by atoms with Gasteiger partial charge in [-0.15, -0.1) is 0 Å². The van der Waals surface area contributed by atoms with Crippen LogP contribution >= 0.6 is 12.6 Å². The normalized spacial score (nSPS) is 22.3. The highest BCUT2D eigenvalue weighted by Gasteiger charge is 2.52. The lowest BCUT2D eigenvalue weighted by atomic mass is 9.64. The van der Waals surface area contributed by atoms with E-state index >= 15 is 0 Å². The van der Waals surface area contributed by atoms with Gasteiger partial charge in [0.2, 0.25) is 0 Å². The first-order valence-electron chi connectivity index (χ1n) is 10.2. The minimum absolute atomic E-state index is 0.0716. The third-order valence-electron chi connectivity index (χ3n) is 5.92. The molecule has 30 heavy (non-hydrogen) atoms. The number of nitrogens with one attached hydrogen (secondary N) is 1. The summed E-state index contributed by atoms with van der Waals surface area (Å²) in [5.74, 6) is -0.869. The number of nitrogens with two attached hydrogens (primary N) is 1. The molecule has 3 rings (SSSR count). The summed E-state index contributed by atoms with van der Waals surface area (Å²) in [5, 5.41) is 3.26. The van der Waals surface area contributed by atoms with E-state index in [1.807, 2.05) is 49.4 Å². The number of nitrogens with zero attached hydrogens (tertiary/aromatic N) is 1. The first-order chi connectivity index (χ1) is 14.5. The third kappa shape index (κ3) is 4.91. The molecule has 1 fully saturated rings. The molecule has 0 spiro atoms. The van der Waals surface area contributed by atoms with E-state index in [9.17, 15) is 9.59 Å². The standard InChI is InChI=1S/C23H29N3O3S/c1-16-6-2-3-7-17(16)12-23(22(28)29-14-18-8-4-5-10-26-18)9-11-25-13-19(23)21(27)20(24)15-30/h2-8,10,19-20,25,30H,9,11-15,24H2,1H3/t19?,20-,23?/m0/s1. The maximum absolute atomic E-state index is 13.5. The van der Waals surface area contributed by atoms with Gasteiger partial charge in [0.1, 0.15) is 6.61 Å². The Labute approximate surface area is 183 Å². The van der Waals surface area contributed by atoms with Gasteiger partial charge in [-0.3, -0.25) is 14.6 Å². The van der Waals surface area contributed by atoms with Crippen LogP contribution in [-0.4, -0.2) is 41.6 Å². The van der Waals surface area contributed by atoms with Crippen molar-refractivity contribution in [3.63, 3.8) is 0 Å². The molecule has 1 aliphatic rings. The quantitative estimate of drug-likeness (QED) is 0.441. The fourth-order valence-electron chi connectivity index (χ4n) is 4.09. The van der Waals surface area contributed by atoms with Crippen LogP contribution in [0.1, 0.15) is 23.2 Å². The van der Waals surface area contributed by atoms with Crippen LogP contribution in [0.3, 0.4) is 0 Å². The van der Waals surface area contributed by atoms with Gasteiger partial charge in [0, 0.05) is 24.4 Å². The number of Topliss-reactive ketones (excluding diaryl/α,β-unsaturated/α-hetero) is 1. The van der Waals surface area contributed by atoms with E-state index in [1.165, 1.54) is 0 Å². The van der Waals surface area contributed by atoms with Crippen LogP contribution in [0.25, 0.3) is 0 Å².